The van der Waals surface area contributed by atoms with E-state index in [2.05, 4.69) is 5.32 Å². The van der Waals surface area contributed by atoms with Gasteiger partial charge in [0.05, 0.1) is 0 Å². The molecule has 1 atom stereocenters. The Hall–Kier alpha value is -1.22. The molecule has 2 rings (SSSR count). The van der Waals surface area contributed by atoms with Crippen molar-refractivity contribution in [3.63, 3.8) is 0 Å². The van der Waals surface area contributed by atoms with Gasteiger partial charge >= 0.3 is 0 Å². The minimum absolute atomic E-state index is 0.257. The predicted molar refractivity (Wildman–Crippen MR) is 54.7 cm³/mol. The first-order chi connectivity index (χ1) is 6.75. The molecule has 1 unspecified atom stereocenters. The zero-order valence-electron chi connectivity index (χ0n) is 8.29. The maximum atomic E-state index is 9.28. The molecular formula is C11H15NO2. The predicted octanol–water partition coefficient (Wildman–Crippen LogP) is 1.44. The van der Waals surface area contributed by atoms with E-state index in [1.54, 1.807) is 12.1 Å². The minimum atomic E-state index is 0.257. The third kappa shape index (κ3) is 1.99. The van der Waals surface area contributed by atoms with Gasteiger partial charge in [-0.2, -0.15) is 0 Å². The fourth-order valence-electron chi connectivity index (χ4n) is 1.43. The summed E-state index contributed by atoms with van der Waals surface area (Å²) in [4.78, 5) is 0. The molecule has 2 N–H and O–H groups in total. The number of benzene rings is 1. The Labute approximate surface area is 83.7 Å². The number of hydrogen-bond donors (Lipinski definition) is 2. The Balaban J connectivity index is 1.96. The van der Waals surface area contributed by atoms with Gasteiger partial charge in [0.2, 0.25) is 0 Å². The monoisotopic (exact) mass is 193 g/mol. The molecule has 1 heterocycles. The summed E-state index contributed by atoms with van der Waals surface area (Å²) in [6, 6.07) is 5.67. The molecule has 3 heteroatoms. The summed E-state index contributed by atoms with van der Waals surface area (Å²) in [5.41, 5.74) is 1.06. The molecule has 14 heavy (non-hydrogen) atoms. The highest BCUT2D eigenvalue weighted by molar-refractivity contribution is 5.39. The summed E-state index contributed by atoms with van der Waals surface area (Å²) in [5, 5.41) is 12.5. The maximum Gasteiger partial charge on any atom is 0.125 e. The van der Waals surface area contributed by atoms with Crippen molar-refractivity contribution in [1.29, 1.82) is 0 Å². The fraction of sp³-hybridized carbons (Fsp3) is 0.455. The van der Waals surface area contributed by atoms with E-state index < -0.39 is 0 Å². The van der Waals surface area contributed by atoms with Crippen LogP contribution in [0.5, 0.6) is 11.5 Å². The quantitative estimate of drug-likeness (QED) is 0.763. The molecular weight excluding hydrogens is 178 g/mol. The van der Waals surface area contributed by atoms with E-state index >= 15 is 0 Å². The van der Waals surface area contributed by atoms with Gasteiger partial charge in [0.15, 0.2) is 0 Å². The highest BCUT2D eigenvalue weighted by atomic mass is 16.5. The van der Waals surface area contributed by atoms with Gasteiger partial charge in [0.25, 0.3) is 0 Å². The second-order valence-electron chi connectivity index (χ2n) is 3.70. The van der Waals surface area contributed by atoms with E-state index in [9.17, 15) is 5.11 Å². The van der Waals surface area contributed by atoms with Crippen LogP contribution in [0.15, 0.2) is 18.2 Å². The number of aromatic hydroxyl groups is 1. The van der Waals surface area contributed by atoms with Crippen molar-refractivity contribution in [2.24, 2.45) is 0 Å². The molecule has 0 amide bonds. The highest BCUT2D eigenvalue weighted by Crippen LogP contribution is 2.23. The van der Waals surface area contributed by atoms with E-state index in [-0.39, 0.29) is 5.75 Å². The zero-order valence-corrected chi connectivity index (χ0v) is 8.29. The minimum Gasteiger partial charge on any atom is -0.508 e. The standard InChI is InChI=1S/C11H15NO2/c1-8-2-3-10(13)6-11(8)14-7-9-4-5-12-9/h2-3,6,9,12-13H,4-5,7H2,1H3. The van der Waals surface area contributed by atoms with Crippen LogP contribution >= 0.6 is 0 Å². The summed E-state index contributed by atoms with van der Waals surface area (Å²) in [6.45, 7) is 3.75. The average Bonchev–Trinajstić information content (AvgIpc) is 2.08. The molecule has 0 radical (unpaired) electrons. The summed E-state index contributed by atoms with van der Waals surface area (Å²) in [7, 11) is 0. The Kier molecular flexibility index (Phi) is 2.59. The average molecular weight is 193 g/mol. The lowest BCUT2D eigenvalue weighted by Crippen LogP contribution is -2.46. The van der Waals surface area contributed by atoms with Crippen LogP contribution in [0, 0.1) is 6.92 Å². The number of ether oxygens (including phenoxy) is 1. The van der Waals surface area contributed by atoms with Gasteiger partial charge in [0, 0.05) is 12.1 Å². The Morgan fingerprint density at radius 1 is 1.57 bits per heavy atom. The van der Waals surface area contributed by atoms with E-state index in [0.29, 0.717) is 12.6 Å². The number of phenolic OH excluding ortho intramolecular Hbond substituents is 1. The van der Waals surface area contributed by atoms with Crippen molar-refractivity contribution in [1.82, 2.24) is 5.32 Å². The summed E-state index contributed by atoms with van der Waals surface area (Å²) < 4.78 is 5.60. The summed E-state index contributed by atoms with van der Waals surface area (Å²) >= 11 is 0. The zero-order chi connectivity index (χ0) is 9.97. The topological polar surface area (TPSA) is 41.5 Å². The lowest BCUT2D eigenvalue weighted by atomic mass is 10.1. The van der Waals surface area contributed by atoms with Crippen LogP contribution in [0.1, 0.15) is 12.0 Å². The third-order valence-electron chi connectivity index (χ3n) is 2.54. The van der Waals surface area contributed by atoms with Crippen molar-refractivity contribution in [2.75, 3.05) is 13.2 Å². The van der Waals surface area contributed by atoms with Crippen LogP contribution in [-0.2, 0) is 0 Å². The Morgan fingerprint density at radius 2 is 2.36 bits per heavy atom. The van der Waals surface area contributed by atoms with Crippen LogP contribution in [0.25, 0.3) is 0 Å². The lowest BCUT2D eigenvalue weighted by Gasteiger charge is -2.27. The van der Waals surface area contributed by atoms with Gasteiger partial charge in [-0.15, -0.1) is 0 Å². The molecule has 1 aliphatic rings. The van der Waals surface area contributed by atoms with Crippen LogP contribution in [-0.4, -0.2) is 24.3 Å². The molecule has 1 aromatic carbocycles. The molecule has 1 fully saturated rings. The molecule has 0 bridgehead atoms. The second kappa shape index (κ2) is 3.88. The molecule has 76 valence electrons. The lowest BCUT2D eigenvalue weighted by molar-refractivity contribution is 0.216. The Bertz CT molecular complexity index is 321. The van der Waals surface area contributed by atoms with Gasteiger partial charge in [-0.3, -0.25) is 0 Å². The van der Waals surface area contributed by atoms with Gasteiger partial charge in [-0.25, -0.2) is 0 Å². The Morgan fingerprint density at radius 3 is 3.00 bits per heavy atom. The molecule has 1 saturated heterocycles. The fourth-order valence-corrected chi connectivity index (χ4v) is 1.43. The van der Waals surface area contributed by atoms with E-state index in [1.807, 2.05) is 13.0 Å². The van der Waals surface area contributed by atoms with E-state index in [4.69, 9.17) is 4.74 Å². The van der Waals surface area contributed by atoms with Gasteiger partial charge in [-0.05, 0) is 31.5 Å². The first-order valence-corrected chi connectivity index (χ1v) is 4.91. The summed E-state index contributed by atoms with van der Waals surface area (Å²) in [5.74, 6) is 1.03. The van der Waals surface area contributed by atoms with Crippen molar-refractivity contribution in [3.05, 3.63) is 23.8 Å². The van der Waals surface area contributed by atoms with Crippen molar-refractivity contribution in [2.45, 2.75) is 19.4 Å². The largest absolute Gasteiger partial charge is 0.508 e. The molecule has 0 aliphatic carbocycles. The first kappa shape index (κ1) is 9.34. The first-order valence-electron chi connectivity index (χ1n) is 4.91. The number of aryl methyl sites for hydroxylation is 1. The van der Waals surface area contributed by atoms with Gasteiger partial charge < -0.3 is 15.2 Å². The number of rotatable bonds is 3. The maximum absolute atomic E-state index is 9.28. The smallest absolute Gasteiger partial charge is 0.125 e. The van der Waals surface area contributed by atoms with Crippen molar-refractivity contribution >= 4 is 0 Å². The third-order valence-corrected chi connectivity index (χ3v) is 2.54. The van der Waals surface area contributed by atoms with Crippen LogP contribution in [0.3, 0.4) is 0 Å². The van der Waals surface area contributed by atoms with Crippen LogP contribution < -0.4 is 10.1 Å². The normalized spacial score (nSPS) is 20.2. The number of nitrogens with one attached hydrogen (secondary N) is 1. The van der Waals surface area contributed by atoms with E-state index in [0.717, 1.165) is 17.9 Å². The van der Waals surface area contributed by atoms with Gasteiger partial charge in [-0.1, -0.05) is 6.07 Å². The second-order valence-corrected chi connectivity index (χ2v) is 3.70. The molecule has 0 aromatic heterocycles. The SMILES string of the molecule is Cc1ccc(O)cc1OCC1CCN1. The number of phenols is 1. The molecule has 3 nitrogen and oxygen atoms in total. The molecule has 1 aliphatic heterocycles. The molecule has 0 spiro atoms. The molecule has 0 saturated carbocycles. The molecule has 1 aromatic rings. The van der Waals surface area contributed by atoms with Crippen molar-refractivity contribution < 1.29 is 9.84 Å². The van der Waals surface area contributed by atoms with E-state index in [1.165, 1.54) is 6.42 Å². The van der Waals surface area contributed by atoms with Gasteiger partial charge in [0.1, 0.15) is 18.1 Å². The number of hydrogen-bond acceptors (Lipinski definition) is 3. The van der Waals surface area contributed by atoms with Crippen molar-refractivity contribution in [3.8, 4) is 11.5 Å². The highest BCUT2D eigenvalue weighted by Gasteiger charge is 2.16. The summed E-state index contributed by atoms with van der Waals surface area (Å²) in [6.07, 6.45) is 1.18. The van der Waals surface area contributed by atoms with Crippen LogP contribution in [0.4, 0.5) is 0 Å². The van der Waals surface area contributed by atoms with Crippen LogP contribution in [0.2, 0.25) is 0 Å².